The molecule has 2 aromatic carbocycles. The standard InChI is InChI=1S/C23H28ClN3O4/c1-15(2)11-19(26-22(28)14-31-20-8-6-5-7-16(20)3)23(29)27-25-13-17-12-18(24)9-10-21(17)30-4/h5-10,12-13,15,19H,11,14H2,1-4H3,(H,26,28)(H,27,29)/b25-13-/t19-/m1/s1. The van der Waals surface area contributed by atoms with Crippen LogP contribution in [-0.4, -0.2) is 37.8 Å². The predicted octanol–water partition coefficient (Wildman–Crippen LogP) is 3.72. The molecule has 0 aliphatic rings. The van der Waals surface area contributed by atoms with Gasteiger partial charge in [-0.15, -0.1) is 0 Å². The van der Waals surface area contributed by atoms with Gasteiger partial charge in [0.15, 0.2) is 6.61 Å². The average Bonchev–Trinajstić information content (AvgIpc) is 2.72. The van der Waals surface area contributed by atoms with Crippen LogP contribution in [0.4, 0.5) is 0 Å². The first-order valence-electron chi connectivity index (χ1n) is 9.94. The number of carbonyl (C=O) groups is 2. The summed E-state index contributed by atoms with van der Waals surface area (Å²) in [6, 6.07) is 11.8. The molecule has 0 heterocycles. The lowest BCUT2D eigenvalue weighted by Gasteiger charge is -2.19. The van der Waals surface area contributed by atoms with E-state index in [-0.39, 0.29) is 18.4 Å². The molecule has 0 fully saturated rings. The molecule has 166 valence electrons. The number of amides is 2. The Balaban J connectivity index is 1.97. The molecule has 0 aromatic heterocycles. The molecule has 0 aliphatic heterocycles. The molecule has 0 radical (unpaired) electrons. The normalized spacial score (nSPS) is 11.9. The summed E-state index contributed by atoms with van der Waals surface area (Å²) >= 11 is 6.00. The van der Waals surface area contributed by atoms with Crippen molar-refractivity contribution in [2.75, 3.05) is 13.7 Å². The SMILES string of the molecule is COc1ccc(Cl)cc1/C=N\NC(=O)[C@@H](CC(C)C)NC(=O)COc1ccccc1C. The topological polar surface area (TPSA) is 89.0 Å². The minimum Gasteiger partial charge on any atom is -0.496 e. The first kappa shape index (κ1) is 24.2. The van der Waals surface area contributed by atoms with Crippen LogP contribution in [-0.2, 0) is 9.59 Å². The van der Waals surface area contributed by atoms with Crippen LogP contribution in [0.3, 0.4) is 0 Å². The molecule has 0 spiro atoms. The minimum absolute atomic E-state index is 0.185. The number of hydrazone groups is 1. The highest BCUT2D eigenvalue weighted by Crippen LogP contribution is 2.20. The molecule has 31 heavy (non-hydrogen) atoms. The molecule has 0 bridgehead atoms. The number of ether oxygens (including phenoxy) is 2. The highest BCUT2D eigenvalue weighted by molar-refractivity contribution is 6.30. The number of benzene rings is 2. The van der Waals surface area contributed by atoms with Crippen molar-refractivity contribution in [3.05, 3.63) is 58.6 Å². The largest absolute Gasteiger partial charge is 0.496 e. The molecular formula is C23H28ClN3O4. The number of hydrogen-bond donors (Lipinski definition) is 2. The zero-order valence-electron chi connectivity index (χ0n) is 18.1. The summed E-state index contributed by atoms with van der Waals surface area (Å²) in [6.07, 6.45) is 1.90. The quantitative estimate of drug-likeness (QED) is 0.431. The highest BCUT2D eigenvalue weighted by atomic mass is 35.5. The lowest BCUT2D eigenvalue weighted by molar-refractivity contribution is -0.130. The van der Waals surface area contributed by atoms with Crippen LogP contribution in [0, 0.1) is 12.8 Å². The molecule has 2 aromatic rings. The van der Waals surface area contributed by atoms with Gasteiger partial charge in [0.25, 0.3) is 11.8 Å². The summed E-state index contributed by atoms with van der Waals surface area (Å²) in [5.74, 6) is 0.579. The molecule has 2 rings (SSSR count). The van der Waals surface area contributed by atoms with E-state index in [1.807, 2.05) is 39.0 Å². The van der Waals surface area contributed by atoms with E-state index in [1.165, 1.54) is 13.3 Å². The lowest BCUT2D eigenvalue weighted by atomic mass is 10.0. The minimum atomic E-state index is -0.744. The molecule has 8 heteroatoms. The third kappa shape index (κ3) is 7.94. The van der Waals surface area contributed by atoms with Crippen LogP contribution in [0.15, 0.2) is 47.6 Å². The van der Waals surface area contributed by atoms with E-state index in [0.29, 0.717) is 28.5 Å². The molecule has 2 N–H and O–H groups in total. The molecule has 0 unspecified atom stereocenters. The zero-order chi connectivity index (χ0) is 22.8. The van der Waals surface area contributed by atoms with Gasteiger partial charge in [-0.2, -0.15) is 5.10 Å². The Labute approximate surface area is 187 Å². The number of aryl methyl sites for hydroxylation is 1. The van der Waals surface area contributed by atoms with Gasteiger partial charge in [0.1, 0.15) is 17.5 Å². The molecule has 0 aliphatic carbocycles. The molecule has 1 atom stereocenters. The van der Waals surface area contributed by atoms with Gasteiger partial charge in [0.2, 0.25) is 0 Å². The van der Waals surface area contributed by atoms with Crippen LogP contribution < -0.4 is 20.2 Å². The molecule has 0 saturated heterocycles. The van der Waals surface area contributed by atoms with Crippen molar-refractivity contribution in [2.24, 2.45) is 11.0 Å². The highest BCUT2D eigenvalue weighted by Gasteiger charge is 2.22. The Morgan fingerprint density at radius 3 is 2.58 bits per heavy atom. The van der Waals surface area contributed by atoms with Crippen molar-refractivity contribution in [3.8, 4) is 11.5 Å². The van der Waals surface area contributed by atoms with Gasteiger partial charge in [-0.05, 0) is 49.1 Å². The van der Waals surface area contributed by atoms with Crippen molar-refractivity contribution in [1.29, 1.82) is 0 Å². The Hall–Kier alpha value is -3.06. The Kier molecular flexibility index (Phi) is 9.34. The van der Waals surface area contributed by atoms with E-state index in [4.69, 9.17) is 21.1 Å². The van der Waals surface area contributed by atoms with Gasteiger partial charge in [-0.1, -0.05) is 43.6 Å². The monoisotopic (exact) mass is 445 g/mol. The Morgan fingerprint density at radius 2 is 1.90 bits per heavy atom. The number of halogens is 1. The van der Waals surface area contributed by atoms with Gasteiger partial charge < -0.3 is 14.8 Å². The summed E-state index contributed by atoms with van der Waals surface area (Å²) in [5, 5.41) is 7.23. The van der Waals surface area contributed by atoms with Crippen LogP contribution >= 0.6 is 11.6 Å². The van der Waals surface area contributed by atoms with E-state index >= 15 is 0 Å². The lowest BCUT2D eigenvalue weighted by Crippen LogP contribution is -2.47. The van der Waals surface area contributed by atoms with E-state index in [2.05, 4.69) is 15.8 Å². The first-order valence-corrected chi connectivity index (χ1v) is 10.3. The average molecular weight is 446 g/mol. The maximum Gasteiger partial charge on any atom is 0.262 e. The molecule has 2 amide bonds. The fourth-order valence-corrected chi connectivity index (χ4v) is 3.03. The number of hydrogen-bond acceptors (Lipinski definition) is 5. The van der Waals surface area contributed by atoms with Crippen molar-refractivity contribution >= 4 is 29.6 Å². The smallest absolute Gasteiger partial charge is 0.262 e. The Morgan fingerprint density at radius 1 is 1.16 bits per heavy atom. The fraction of sp³-hybridized carbons (Fsp3) is 0.348. The number of nitrogens with zero attached hydrogens (tertiary/aromatic N) is 1. The van der Waals surface area contributed by atoms with E-state index in [0.717, 1.165) is 5.56 Å². The van der Waals surface area contributed by atoms with Crippen LogP contribution in [0.2, 0.25) is 5.02 Å². The second-order valence-electron chi connectivity index (χ2n) is 7.42. The van der Waals surface area contributed by atoms with Crippen molar-refractivity contribution in [1.82, 2.24) is 10.7 Å². The molecule has 0 saturated carbocycles. The van der Waals surface area contributed by atoms with E-state index in [1.54, 1.807) is 24.3 Å². The number of nitrogens with one attached hydrogen (secondary N) is 2. The van der Waals surface area contributed by atoms with Crippen molar-refractivity contribution < 1.29 is 19.1 Å². The second-order valence-corrected chi connectivity index (χ2v) is 7.86. The van der Waals surface area contributed by atoms with Crippen LogP contribution in [0.5, 0.6) is 11.5 Å². The van der Waals surface area contributed by atoms with Gasteiger partial charge in [0.05, 0.1) is 13.3 Å². The number of rotatable bonds is 10. The van der Waals surface area contributed by atoms with Crippen LogP contribution in [0.1, 0.15) is 31.4 Å². The van der Waals surface area contributed by atoms with Gasteiger partial charge in [-0.25, -0.2) is 5.43 Å². The van der Waals surface area contributed by atoms with Crippen LogP contribution in [0.25, 0.3) is 0 Å². The molecule has 7 nitrogen and oxygen atoms in total. The van der Waals surface area contributed by atoms with E-state index in [9.17, 15) is 9.59 Å². The number of methoxy groups -OCH3 is 1. The summed E-state index contributed by atoms with van der Waals surface area (Å²) < 4.78 is 10.8. The summed E-state index contributed by atoms with van der Waals surface area (Å²) in [7, 11) is 1.53. The second kappa shape index (κ2) is 12.0. The van der Waals surface area contributed by atoms with Crippen molar-refractivity contribution in [2.45, 2.75) is 33.2 Å². The van der Waals surface area contributed by atoms with Gasteiger partial charge in [0, 0.05) is 10.6 Å². The van der Waals surface area contributed by atoms with Crippen molar-refractivity contribution in [3.63, 3.8) is 0 Å². The Bertz CT molecular complexity index is 931. The van der Waals surface area contributed by atoms with Gasteiger partial charge >= 0.3 is 0 Å². The molecular weight excluding hydrogens is 418 g/mol. The summed E-state index contributed by atoms with van der Waals surface area (Å²) in [5.41, 5.74) is 4.02. The predicted molar refractivity (Wildman–Crippen MR) is 122 cm³/mol. The first-order chi connectivity index (χ1) is 14.8. The third-order valence-electron chi connectivity index (χ3n) is 4.38. The number of para-hydroxylation sites is 1. The maximum atomic E-state index is 12.6. The maximum absolute atomic E-state index is 12.6. The summed E-state index contributed by atoms with van der Waals surface area (Å²) in [6.45, 7) is 5.65. The zero-order valence-corrected chi connectivity index (χ0v) is 18.9. The number of carbonyl (C=O) groups excluding carboxylic acids is 2. The van der Waals surface area contributed by atoms with E-state index < -0.39 is 11.9 Å². The van der Waals surface area contributed by atoms with Gasteiger partial charge in [-0.3, -0.25) is 9.59 Å². The third-order valence-corrected chi connectivity index (χ3v) is 4.62. The fourth-order valence-electron chi connectivity index (χ4n) is 2.85. The summed E-state index contributed by atoms with van der Waals surface area (Å²) in [4.78, 5) is 25.0.